The van der Waals surface area contributed by atoms with E-state index in [1.165, 1.54) is 0 Å². The summed E-state index contributed by atoms with van der Waals surface area (Å²) in [5, 5.41) is 26.8. The van der Waals surface area contributed by atoms with Crippen LogP contribution in [-0.2, 0) is 16.0 Å². The van der Waals surface area contributed by atoms with Crippen LogP contribution in [-0.4, -0.2) is 70.1 Å². The van der Waals surface area contributed by atoms with Crippen molar-refractivity contribution < 1.29 is 14.4 Å². The Hall–Kier alpha value is -4.36. The fourth-order valence-electron chi connectivity index (χ4n) is 6.55. The van der Waals surface area contributed by atoms with E-state index in [1.54, 1.807) is 36.4 Å². The smallest absolute Gasteiger partial charge is 0.253 e. The lowest BCUT2D eigenvalue weighted by Gasteiger charge is -2.28. The van der Waals surface area contributed by atoms with Crippen LogP contribution >= 0.6 is 24.0 Å². The molecule has 12 nitrogen and oxygen atoms in total. The number of amides is 3. The summed E-state index contributed by atoms with van der Waals surface area (Å²) < 4.78 is 0. The lowest BCUT2D eigenvalue weighted by Crippen LogP contribution is -2.48. The minimum atomic E-state index is -0.797. The Morgan fingerprint density at radius 2 is 1.56 bits per heavy atom. The molecule has 50 heavy (non-hydrogen) atoms. The molecule has 0 spiro atoms. The highest BCUT2D eigenvalue weighted by molar-refractivity contribution is 6.34. The van der Waals surface area contributed by atoms with Crippen LogP contribution in [0.4, 0.5) is 5.69 Å². The number of anilines is 1. The van der Waals surface area contributed by atoms with Gasteiger partial charge < -0.3 is 27.0 Å². The Kier molecular flexibility index (Phi) is 12.9. The highest BCUT2D eigenvalue weighted by Crippen LogP contribution is 2.29. The molecule has 14 heteroatoms. The number of H-pyrrole nitrogens is 1. The number of carbonyl (C=O) groups excluding carboxylic acids is 3. The maximum absolute atomic E-state index is 13.7. The summed E-state index contributed by atoms with van der Waals surface area (Å²) in [6, 6.07) is 19.7. The first-order chi connectivity index (χ1) is 23.9. The van der Waals surface area contributed by atoms with Gasteiger partial charge in [0.1, 0.15) is 6.04 Å². The monoisotopic (exact) mass is 719 g/mol. The summed E-state index contributed by atoms with van der Waals surface area (Å²) >= 11 is 6.58. The normalized spacial score (nSPS) is 18.4. The molecular weight excluding hydrogens is 677 g/mol. The van der Waals surface area contributed by atoms with Crippen molar-refractivity contribution in [2.24, 2.45) is 17.6 Å². The number of tetrazole rings is 1. The van der Waals surface area contributed by atoms with Crippen LogP contribution in [0.1, 0.15) is 54.4 Å². The lowest BCUT2D eigenvalue weighted by atomic mass is 9.81. The number of piperidine rings is 1. The van der Waals surface area contributed by atoms with Crippen LogP contribution in [0, 0.1) is 11.8 Å². The number of hydrogen-bond acceptors (Lipinski definition) is 8. The van der Waals surface area contributed by atoms with Crippen molar-refractivity contribution in [2.75, 3.05) is 25.0 Å². The number of benzene rings is 3. The second-order valence-corrected chi connectivity index (χ2v) is 13.3. The maximum atomic E-state index is 13.7. The predicted octanol–water partition coefficient (Wildman–Crippen LogP) is 4.52. The first-order valence-electron chi connectivity index (χ1n) is 16.9. The quantitative estimate of drug-likeness (QED) is 0.131. The average molecular weight is 721 g/mol. The van der Waals surface area contributed by atoms with E-state index in [-0.39, 0.29) is 42.1 Å². The Labute approximate surface area is 302 Å². The topological polar surface area (TPSA) is 180 Å². The van der Waals surface area contributed by atoms with Crippen molar-refractivity contribution >= 4 is 47.4 Å². The van der Waals surface area contributed by atoms with Gasteiger partial charge in [-0.2, -0.15) is 5.21 Å². The second-order valence-electron chi connectivity index (χ2n) is 12.9. The zero-order chi connectivity index (χ0) is 34.2. The number of nitrogens with one attached hydrogen (secondary N) is 5. The molecular formula is C36H43Cl2N9O3. The van der Waals surface area contributed by atoms with Gasteiger partial charge in [-0.3, -0.25) is 14.4 Å². The molecule has 264 valence electrons. The maximum Gasteiger partial charge on any atom is 0.253 e. The number of rotatable bonds is 11. The predicted molar refractivity (Wildman–Crippen MR) is 196 cm³/mol. The molecule has 0 radical (unpaired) electrons. The summed E-state index contributed by atoms with van der Waals surface area (Å²) in [7, 11) is 0. The average Bonchev–Trinajstić information content (AvgIpc) is 3.68. The van der Waals surface area contributed by atoms with Crippen LogP contribution < -0.4 is 27.0 Å². The zero-order valence-corrected chi connectivity index (χ0v) is 29.2. The minimum absolute atomic E-state index is 0. The van der Waals surface area contributed by atoms with Crippen LogP contribution in [0.3, 0.4) is 0 Å². The van der Waals surface area contributed by atoms with E-state index in [2.05, 4.69) is 41.9 Å². The molecule has 1 atom stereocenters. The minimum Gasteiger partial charge on any atom is -0.349 e. The molecule has 3 aromatic carbocycles. The van der Waals surface area contributed by atoms with Crippen molar-refractivity contribution in [1.29, 1.82) is 0 Å². The fourth-order valence-corrected chi connectivity index (χ4v) is 6.82. The molecule has 1 saturated carbocycles. The van der Waals surface area contributed by atoms with Gasteiger partial charge in [-0.15, -0.1) is 22.6 Å². The van der Waals surface area contributed by atoms with E-state index >= 15 is 0 Å². The van der Waals surface area contributed by atoms with Crippen molar-refractivity contribution in [1.82, 2.24) is 36.6 Å². The molecule has 2 aliphatic rings. The summed E-state index contributed by atoms with van der Waals surface area (Å²) in [6.45, 7) is 2.41. The number of nitrogens with zero attached hydrogens (tertiary/aromatic N) is 3. The highest BCUT2D eigenvalue weighted by Gasteiger charge is 2.29. The second kappa shape index (κ2) is 17.5. The van der Waals surface area contributed by atoms with E-state index in [4.69, 9.17) is 17.3 Å². The molecule has 1 aromatic heterocycles. The van der Waals surface area contributed by atoms with Crippen LogP contribution in [0.15, 0.2) is 66.7 Å². The van der Waals surface area contributed by atoms with Gasteiger partial charge in [0.15, 0.2) is 0 Å². The third kappa shape index (κ3) is 9.45. The van der Waals surface area contributed by atoms with Crippen LogP contribution in [0.25, 0.3) is 22.5 Å². The van der Waals surface area contributed by atoms with E-state index in [9.17, 15) is 14.4 Å². The fraction of sp³-hybridized carbons (Fsp3) is 0.389. The molecule has 1 aliphatic carbocycles. The molecule has 0 unspecified atom stereocenters. The SMILES string of the molecule is Cl.NCC1CCC(C(=O)N[C@@H](Cc2ccc(-c3ccc(C(=O)NC4CCNCC4)c(Cl)c3)cc2)C(=O)Nc2ccc(-c3nn[nH]n3)cc2)CC1. The largest absolute Gasteiger partial charge is 0.349 e. The first-order valence-corrected chi connectivity index (χ1v) is 17.3. The Balaban J connectivity index is 0.00000486. The van der Waals surface area contributed by atoms with Crippen molar-refractivity contribution in [3.8, 4) is 22.5 Å². The van der Waals surface area contributed by atoms with Crippen molar-refractivity contribution in [3.05, 3.63) is 82.9 Å². The van der Waals surface area contributed by atoms with Gasteiger partial charge in [0.2, 0.25) is 17.6 Å². The number of hydrogen-bond donors (Lipinski definition) is 6. The number of halogens is 2. The van der Waals surface area contributed by atoms with E-state index in [0.717, 1.165) is 73.9 Å². The summed E-state index contributed by atoms with van der Waals surface area (Å²) in [5.74, 6) is 0.153. The number of nitrogens with two attached hydrogens (primary N) is 1. The Morgan fingerprint density at radius 3 is 2.20 bits per heavy atom. The van der Waals surface area contributed by atoms with Gasteiger partial charge in [-0.1, -0.05) is 41.9 Å². The number of aromatic nitrogens is 4. The van der Waals surface area contributed by atoms with Gasteiger partial charge in [-0.05, 0) is 122 Å². The molecule has 4 aromatic rings. The standard InChI is InChI=1S/C36H42ClN9O3.ClH/c37-31-20-27(11-14-30(31)35(48)40-29-15-17-39-18-16-29)24-5-1-22(2-6-24)19-32(42-34(47)26-7-3-23(21-38)4-8-26)36(49)41-28-12-9-25(10-13-28)33-43-45-46-44-33;/h1-2,5-6,9-14,20,23,26,29,32,39H,3-4,7-8,15-19,21,38H2,(H,40,48)(H,41,49)(H,42,47)(H,43,44,45,46);1H/t23?,26?,32-;/m0./s1. The number of carbonyl (C=O) groups is 3. The molecule has 1 aliphatic heterocycles. The van der Waals surface area contributed by atoms with Gasteiger partial charge >= 0.3 is 0 Å². The van der Waals surface area contributed by atoms with E-state index < -0.39 is 6.04 Å². The highest BCUT2D eigenvalue weighted by atomic mass is 35.5. The summed E-state index contributed by atoms with van der Waals surface area (Å²) in [4.78, 5) is 39.9. The van der Waals surface area contributed by atoms with Crippen LogP contribution in [0.2, 0.25) is 5.02 Å². The molecule has 0 bridgehead atoms. The third-order valence-electron chi connectivity index (χ3n) is 9.56. The molecule has 2 fully saturated rings. The van der Waals surface area contributed by atoms with Gasteiger partial charge in [-0.25, -0.2) is 0 Å². The lowest BCUT2D eigenvalue weighted by molar-refractivity contribution is -0.130. The molecule has 7 N–H and O–H groups in total. The zero-order valence-electron chi connectivity index (χ0n) is 27.7. The van der Waals surface area contributed by atoms with Gasteiger partial charge in [0, 0.05) is 29.6 Å². The molecule has 3 amide bonds. The summed E-state index contributed by atoms with van der Waals surface area (Å²) in [5.41, 5.74) is 10.3. The van der Waals surface area contributed by atoms with Crippen LogP contribution in [0.5, 0.6) is 0 Å². The van der Waals surface area contributed by atoms with Crippen molar-refractivity contribution in [2.45, 2.75) is 57.0 Å². The first kappa shape index (κ1) is 36.9. The molecule has 1 saturated heterocycles. The Morgan fingerprint density at radius 1 is 0.880 bits per heavy atom. The van der Waals surface area contributed by atoms with E-state index in [0.29, 0.717) is 41.0 Å². The van der Waals surface area contributed by atoms with Gasteiger partial charge in [0.05, 0.1) is 10.6 Å². The van der Waals surface area contributed by atoms with Crippen molar-refractivity contribution in [3.63, 3.8) is 0 Å². The summed E-state index contributed by atoms with van der Waals surface area (Å²) in [6.07, 6.45) is 5.43. The molecule has 2 heterocycles. The Bertz CT molecular complexity index is 1720. The van der Waals surface area contributed by atoms with Gasteiger partial charge in [0.25, 0.3) is 5.91 Å². The van der Waals surface area contributed by atoms with E-state index in [1.807, 2.05) is 30.3 Å². The number of aromatic amines is 1. The third-order valence-corrected chi connectivity index (χ3v) is 9.87. The molecule has 6 rings (SSSR count).